The summed E-state index contributed by atoms with van der Waals surface area (Å²) < 4.78 is 1.60. The molecule has 1 N–H and O–H groups in total. The number of aryl methyl sites for hydroxylation is 1. The summed E-state index contributed by atoms with van der Waals surface area (Å²) >= 11 is 1.35. The summed E-state index contributed by atoms with van der Waals surface area (Å²) in [5.41, 5.74) is 0.648. The number of amides is 1. The van der Waals surface area contributed by atoms with E-state index in [1.165, 1.54) is 17.4 Å². The van der Waals surface area contributed by atoms with Gasteiger partial charge in [-0.25, -0.2) is 0 Å². The van der Waals surface area contributed by atoms with Crippen molar-refractivity contribution >= 4 is 44.9 Å². The van der Waals surface area contributed by atoms with Crippen LogP contribution in [0.4, 0.5) is 5.13 Å². The Morgan fingerprint density at radius 2 is 2.12 bits per heavy atom. The molecule has 0 bridgehead atoms. The summed E-state index contributed by atoms with van der Waals surface area (Å²) in [5, 5.41) is 26.4. The molecule has 0 radical (unpaired) electrons. The molecule has 1 amide bonds. The van der Waals surface area contributed by atoms with Crippen molar-refractivity contribution in [3.05, 3.63) is 47.4 Å². The number of benzene rings is 1. The Morgan fingerprint density at radius 1 is 1.24 bits per heavy atom. The lowest BCUT2D eigenvalue weighted by Crippen LogP contribution is -2.07. The van der Waals surface area contributed by atoms with E-state index in [-0.39, 0.29) is 5.91 Å². The molecule has 1 aromatic carbocycles. The van der Waals surface area contributed by atoms with E-state index in [0.29, 0.717) is 16.6 Å². The highest BCUT2D eigenvalue weighted by molar-refractivity contribution is 7.15. The summed E-state index contributed by atoms with van der Waals surface area (Å²) in [5.74, 6) is 0.166. The monoisotopic (exact) mass is 351 g/mol. The number of rotatable bonds is 4. The van der Waals surface area contributed by atoms with Gasteiger partial charge in [0.1, 0.15) is 5.01 Å². The summed E-state index contributed by atoms with van der Waals surface area (Å²) in [6.45, 7) is 1.99. The molecule has 3 aromatic heterocycles. The average Bonchev–Trinajstić information content (AvgIpc) is 3.26. The molecule has 0 atom stereocenters. The minimum absolute atomic E-state index is 0.309. The highest BCUT2D eigenvalue weighted by atomic mass is 32.1. The summed E-state index contributed by atoms with van der Waals surface area (Å²) in [6, 6.07) is 7.81. The third-order valence-electron chi connectivity index (χ3n) is 3.56. The van der Waals surface area contributed by atoms with E-state index in [0.717, 1.165) is 22.2 Å². The Hall–Kier alpha value is -3.20. The predicted molar refractivity (Wildman–Crippen MR) is 95.2 cm³/mol. The average molecular weight is 351 g/mol. The van der Waals surface area contributed by atoms with Crippen molar-refractivity contribution in [1.82, 2.24) is 30.0 Å². The Kier molecular flexibility index (Phi) is 3.90. The first-order chi connectivity index (χ1) is 12.2. The zero-order chi connectivity index (χ0) is 17.2. The molecule has 4 aromatic rings. The van der Waals surface area contributed by atoms with Crippen LogP contribution in [-0.4, -0.2) is 35.9 Å². The fourth-order valence-corrected chi connectivity index (χ4v) is 3.04. The molecule has 0 unspecified atom stereocenters. The molecule has 124 valence electrons. The molecule has 0 saturated carbocycles. The van der Waals surface area contributed by atoms with Crippen LogP contribution in [0.3, 0.4) is 0 Å². The molecule has 3 heterocycles. The van der Waals surface area contributed by atoms with E-state index in [1.807, 2.05) is 31.2 Å². The first-order valence-corrected chi connectivity index (χ1v) is 8.47. The second-order valence-corrected chi connectivity index (χ2v) is 6.26. The maximum absolute atomic E-state index is 12.0. The van der Waals surface area contributed by atoms with E-state index in [2.05, 4.69) is 30.8 Å². The quantitative estimate of drug-likeness (QED) is 0.567. The predicted octanol–water partition coefficient (Wildman–Crippen LogP) is 2.34. The van der Waals surface area contributed by atoms with Crippen LogP contribution in [0.2, 0.25) is 0 Å². The van der Waals surface area contributed by atoms with E-state index < -0.39 is 0 Å². The Labute approximate surface area is 146 Å². The van der Waals surface area contributed by atoms with Crippen LogP contribution >= 0.6 is 11.3 Å². The molecule has 4 rings (SSSR count). The number of nitrogens with one attached hydrogen (secondary N) is 1. The van der Waals surface area contributed by atoms with Crippen LogP contribution in [0, 0.1) is 0 Å². The first kappa shape index (κ1) is 15.3. The number of nitrogens with zero attached hydrogens (tertiary/aromatic N) is 6. The van der Waals surface area contributed by atoms with Crippen molar-refractivity contribution in [2.75, 3.05) is 5.32 Å². The minimum atomic E-state index is -0.309. The maximum atomic E-state index is 12.0. The van der Waals surface area contributed by atoms with Crippen LogP contribution in [-0.2, 0) is 11.2 Å². The number of hydrogen-bond acceptors (Lipinski definition) is 7. The summed E-state index contributed by atoms with van der Waals surface area (Å²) in [4.78, 5) is 12.0. The van der Waals surface area contributed by atoms with Crippen LogP contribution in [0.1, 0.15) is 17.8 Å². The van der Waals surface area contributed by atoms with E-state index in [4.69, 9.17) is 0 Å². The number of anilines is 1. The molecule has 0 aliphatic rings. The fourth-order valence-electron chi connectivity index (χ4n) is 2.35. The van der Waals surface area contributed by atoms with Gasteiger partial charge in [0.2, 0.25) is 11.0 Å². The molecular formula is C16H13N7OS. The number of aromatic nitrogens is 6. The van der Waals surface area contributed by atoms with Crippen LogP contribution < -0.4 is 5.32 Å². The van der Waals surface area contributed by atoms with Crippen LogP contribution in [0.5, 0.6) is 0 Å². The maximum Gasteiger partial charge on any atom is 0.250 e. The topological polar surface area (TPSA) is 98.0 Å². The third-order valence-corrected chi connectivity index (χ3v) is 4.55. The van der Waals surface area contributed by atoms with Crippen molar-refractivity contribution in [3.8, 4) is 0 Å². The van der Waals surface area contributed by atoms with Gasteiger partial charge < -0.3 is 0 Å². The smallest absolute Gasteiger partial charge is 0.250 e. The zero-order valence-electron chi connectivity index (χ0n) is 13.2. The lowest BCUT2D eigenvalue weighted by molar-refractivity contribution is -0.111. The molecule has 0 fully saturated rings. The minimum Gasteiger partial charge on any atom is -0.297 e. The van der Waals surface area contributed by atoms with Gasteiger partial charge in [-0.2, -0.15) is 9.61 Å². The molecule has 0 spiro atoms. The lowest BCUT2D eigenvalue weighted by Gasteiger charge is -1.98. The third kappa shape index (κ3) is 2.96. The second kappa shape index (κ2) is 6.36. The van der Waals surface area contributed by atoms with Gasteiger partial charge in [-0.05, 0) is 12.5 Å². The van der Waals surface area contributed by atoms with Gasteiger partial charge in [0, 0.05) is 16.8 Å². The van der Waals surface area contributed by atoms with Crippen molar-refractivity contribution in [3.63, 3.8) is 0 Å². The molecule has 25 heavy (non-hydrogen) atoms. The molecule has 0 saturated heterocycles. The van der Waals surface area contributed by atoms with Gasteiger partial charge in [0.05, 0.1) is 6.20 Å². The highest BCUT2D eigenvalue weighted by Crippen LogP contribution is 2.18. The fraction of sp³-hybridized carbons (Fsp3) is 0.125. The van der Waals surface area contributed by atoms with Gasteiger partial charge in [0.15, 0.2) is 11.5 Å². The van der Waals surface area contributed by atoms with Crippen molar-refractivity contribution < 1.29 is 4.79 Å². The molecule has 8 nitrogen and oxygen atoms in total. The van der Waals surface area contributed by atoms with Crippen LogP contribution in [0.25, 0.3) is 22.5 Å². The van der Waals surface area contributed by atoms with E-state index in [1.54, 1.807) is 16.8 Å². The number of carbonyl (C=O) groups excluding carboxylic acids is 1. The van der Waals surface area contributed by atoms with Crippen molar-refractivity contribution in [2.45, 2.75) is 13.3 Å². The van der Waals surface area contributed by atoms with Gasteiger partial charge >= 0.3 is 0 Å². The zero-order valence-corrected chi connectivity index (χ0v) is 14.1. The van der Waals surface area contributed by atoms with Crippen molar-refractivity contribution in [1.29, 1.82) is 0 Å². The van der Waals surface area contributed by atoms with E-state index >= 15 is 0 Å². The number of hydrogen-bond donors (Lipinski definition) is 1. The summed E-state index contributed by atoms with van der Waals surface area (Å²) in [6.07, 6.45) is 5.48. The molecular weight excluding hydrogens is 338 g/mol. The van der Waals surface area contributed by atoms with Crippen molar-refractivity contribution in [2.24, 2.45) is 0 Å². The Morgan fingerprint density at radius 3 is 2.96 bits per heavy atom. The first-order valence-electron chi connectivity index (χ1n) is 7.65. The summed E-state index contributed by atoms with van der Waals surface area (Å²) in [7, 11) is 0. The highest BCUT2D eigenvalue weighted by Gasteiger charge is 2.09. The lowest BCUT2D eigenvalue weighted by atomic mass is 10.2. The second-order valence-electron chi connectivity index (χ2n) is 5.20. The van der Waals surface area contributed by atoms with Gasteiger partial charge in [-0.15, -0.1) is 20.4 Å². The van der Waals surface area contributed by atoms with Gasteiger partial charge in [0.25, 0.3) is 0 Å². The molecule has 0 aliphatic heterocycles. The van der Waals surface area contributed by atoms with E-state index in [9.17, 15) is 4.79 Å². The van der Waals surface area contributed by atoms with Gasteiger partial charge in [-0.3, -0.25) is 10.1 Å². The Balaban J connectivity index is 1.58. The largest absolute Gasteiger partial charge is 0.297 e. The number of fused-ring (bicyclic) bond motifs is 3. The SMILES string of the molecule is CCc1nnc(NC(=O)/C=C/c2nnc3c4ccccc4cnn23)s1. The molecule has 0 aliphatic carbocycles. The normalized spacial score (nSPS) is 11.6. The standard InChI is InChI=1S/C16H13N7OS/c1-2-14-20-22-16(25-14)18-13(24)8-7-12-19-21-15-11-6-4-3-5-10(11)9-17-23(12)15/h3-9H,2H2,1H3,(H,18,22,24)/b8-7+. The number of carbonyl (C=O) groups is 1. The van der Waals surface area contributed by atoms with Gasteiger partial charge in [-0.1, -0.05) is 42.5 Å². The van der Waals surface area contributed by atoms with Crippen LogP contribution in [0.15, 0.2) is 36.5 Å². The molecule has 9 heteroatoms. The Bertz CT molecular complexity index is 1100.